The van der Waals surface area contributed by atoms with E-state index >= 15 is 0 Å². The maximum atomic E-state index is 12.6. The Labute approximate surface area is 141 Å². The molecule has 0 radical (unpaired) electrons. The monoisotopic (exact) mass is 330 g/mol. The van der Waals surface area contributed by atoms with E-state index in [4.69, 9.17) is 4.74 Å². The normalized spacial score (nSPS) is 24.5. The van der Waals surface area contributed by atoms with Gasteiger partial charge in [0.1, 0.15) is 11.8 Å². The van der Waals surface area contributed by atoms with Crippen molar-refractivity contribution in [3.8, 4) is 5.75 Å². The molecule has 3 rings (SSSR count). The number of carbonyl (C=O) groups is 3. The predicted molar refractivity (Wildman–Crippen MR) is 88.4 cm³/mol. The first-order valence-corrected chi connectivity index (χ1v) is 8.35. The number of methoxy groups -OCH3 is 1. The minimum atomic E-state index is -0.833. The molecule has 1 aliphatic heterocycles. The number of imide groups is 1. The van der Waals surface area contributed by atoms with Crippen molar-refractivity contribution in [2.24, 2.45) is 11.8 Å². The van der Waals surface area contributed by atoms with Crippen LogP contribution < -0.4 is 10.1 Å². The Hall–Kier alpha value is -2.37. The van der Waals surface area contributed by atoms with Crippen molar-refractivity contribution >= 4 is 23.4 Å². The molecule has 0 spiro atoms. The molecule has 6 nitrogen and oxygen atoms in total. The van der Waals surface area contributed by atoms with Gasteiger partial charge >= 0.3 is 0 Å². The van der Waals surface area contributed by atoms with Crippen LogP contribution in [0.5, 0.6) is 5.75 Å². The molecule has 1 heterocycles. The molecule has 6 heteroatoms. The third-order valence-corrected chi connectivity index (χ3v) is 5.01. The van der Waals surface area contributed by atoms with Crippen LogP contribution in [0.2, 0.25) is 0 Å². The van der Waals surface area contributed by atoms with Crippen LogP contribution in [0.25, 0.3) is 0 Å². The van der Waals surface area contributed by atoms with Gasteiger partial charge in [-0.15, -0.1) is 0 Å². The summed E-state index contributed by atoms with van der Waals surface area (Å²) < 4.78 is 5.21. The van der Waals surface area contributed by atoms with Crippen LogP contribution in [-0.4, -0.2) is 35.8 Å². The quantitative estimate of drug-likeness (QED) is 0.859. The number of anilines is 1. The lowest BCUT2D eigenvalue weighted by Crippen LogP contribution is -2.46. The maximum absolute atomic E-state index is 12.6. The Morgan fingerprint density at radius 2 is 1.75 bits per heavy atom. The van der Waals surface area contributed by atoms with Crippen LogP contribution in [0.1, 0.15) is 32.6 Å². The summed E-state index contributed by atoms with van der Waals surface area (Å²) in [6.45, 7) is 1.60. The summed E-state index contributed by atoms with van der Waals surface area (Å²) in [6.07, 6.45) is 3.42. The molecule has 2 aliphatic rings. The molecular formula is C18H22N2O4. The molecule has 2 unspecified atom stereocenters. The highest BCUT2D eigenvalue weighted by atomic mass is 16.5. The summed E-state index contributed by atoms with van der Waals surface area (Å²) in [5.41, 5.74) is 0.522. The van der Waals surface area contributed by atoms with E-state index in [0.29, 0.717) is 11.4 Å². The first-order chi connectivity index (χ1) is 11.5. The van der Waals surface area contributed by atoms with Gasteiger partial charge in [0.05, 0.1) is 24.6 Å². The van der Waals surface area contributed by atoms with E-state index in [1.54, 1.807) is 31.2 Å². The van der Waals surface area contributed by atoms with Crippen molar-refractivity contribution in [3.05, 3.63) is 24.3 Å². The summed E-state index contributed by atoms with van der Waals surface area (Å²) in [6, 6.07) is 6.21. The van der Waals surface area contributed by atoms with Crippen LogP contribution in [0.3, 0.4) is 0 Å². The maximum Gasteiger partial charge on any atom is 0.247 e. The van der Waals surface area contributed by atoms with Crippen molar-refractivity contribution in [2.45, 2.75) is 38.6 Å². The molecule has 24 heavy (non-hydrogen) atoms. The van der Waals surface area contributed by atoms with Gasteiger partial charge in [-0.05, 0) is 31.9 Å². The molecule has 1 aromatic rings. The summed E-state index contributed by atoms with van der Waals surface area (Å²) >= 11 is 0. The summed E-state index contributed by atoms with van der Waals surface area (Å²) in [5.74, 6) is -0.745. The Bertz CT molecular complexity index is 649. The second kappa shape index (κ2) is 6.63. The smallest absolute Gasteiger partial charge is 0.247 e. The molecule has 1 saturated carbocycles. The molecule has 1 N–H and O–H groups in total. The number of likely N-dealkylation sites (tertiary alicyclic amines) is 1. The number of amides is 3. The number of para-hydroxylation sites is 2. The number of hydrogen-bond donors (Lipinski definition) is 1. The topological polar surface area (TPSA) is 75.7 Å². The van der Waals surface area contributed by atoms with Crippen molar-refractivity contribution in [1.82, 2.24) is 4.90 Å². The number of benzene rings is 1. The molecular weight excluding hydrogens is 308 g/mol. The zero-order valence-electron chi connectivity index (χ0n) is 14.0. The largest absolute Gasteiger partial charge is 0.495 e. The lowest BCUT2D eigenvalue weighted by Gasteiger charge is -2.22. The summed E-state index contributed by atoms with van der Waals surface area (Å²) in [5, 5.41) is 2.75. The van der Waals surface area contributed by atoms with Gasteiger partial charge in [-0.3, -0.25) is 19.3 Å². The Kier molecular flexibility index (Phi) is 4.55. The fourth-order valence-electron chi connectivity index (χ4n) is 3.67. The van der Waals surface area contributed by atoms with Gasteiger partial charge in [0.15, 0.2) is 0 Å². The molecule has 1 aliphatic carbocycles. The molecule has 1 aromatic carbocycles. The van der Waals surface area contributed by atoms with Gasteiger partial charge in [0, 0.05) is 0 Å². The predicted octanol–water partition coefficient (Wildman–Crippen LogP) is 2.20. The highest BCUT2D eigenvalue weighted by Gasteiger charge is 2.50. The Balaban J connectivity index is 1.76. The number of ether oxygens (including phenoxy) is 1. The number of nitrogens with one attached hydrogen (secondary N) is 1. The third-order valence-electron chi connectivity index (χ3n) is 5.01. The van der Waals surface area contributed by atoms with E-state index in [2.05, 4.69) is 5.32 Å². The number of nitrogens with zero attached hydrogens (tertiary/aromatic N) is 1. The lowest BCUT2D eigenvalue weighted by molar-refractivity contribution is -0.146. The van der Waals surface area contributed by atoms with Crippen molar-refractivity contribution < 1.29 is 19.1 Å². The van der Waals surface area contributed by atoms with Crippen molar-refractivity contribution in [3.63, 3.8) is 0 Å². The highest BCUT2D eigenvalue weighted by molar-refractivity contribution is 6.10. The van der Waals surface area contributed by atoms with E-state index in [-0.39, 0.29) is 29.6 Å². The number of hydrogen-bond acceptors (Lipinski definition) is 4. The van der Waals surface area contributed by atoms with Gasteiger partial charge in [-0.25, -0.2) is 0 Å². The number of rotatable bonds is 4. The molecule has 128 valence electrons. The van der Waals surface area contributed by atoms with Crippen LogP contribution in [0.4, 0.5) is 5.69 Å². The fourth-order valence-corrected chi connectivity index (χ4v) is 3.67. The van der Waals surface area contributed by atoms with E-state index in [9.17, 15) is 14.4 Å². The standard InChI is InChI=1S/C18H22N2O4/c1-11(16(21)19-14-9-5-6-10-15(14)24-2)20-17(22)12-7-3-4-8-13(12)18(20)23/h5-6,9-13H,3-4,7-8H2,1-2H3,(H,19,21)/t11-,12?,13?/m0/s1. The van der Waals surface area contributed by atoms with Crippen LogP contribution in [0.15, 0.2) is 24.3 Å². The molecule has 1 saturated heterocycles. The van der Waals surface area contributed by atoms with Gasteiger partial charge in [0.25, 0.3) is 0 Å². The number of carbonyl (C=O) groups excluding carboxylic acids is 3. The zero-order chi connectivity index (χ0) is 17.3. The van der Waals surface area contributed by atoms with Gasteiger partial charge in [-0.2, -0.15) is 0 Å². The van der Waals surface area contributed by atoms with E-state index < -0.39 is 6.04 Å². The van der Waals surface area contributed by atoms with Gasteiger partial charge in [0.2, 0.25) is 17.7 Å². The van der Waals surface area contributed by atoms with Crippen LogP contribution in [-0.2, 0) is 14.4 Å². The summed E-state index contributed by atoms with van der Waals surface area (Å²) in [7, 11) is 1.52. The first-order valence-electron chi connectivity index (χ1n) is 8.35. The SMILES string of the molecule is COc1ccccc1NC(=O)[C@H](C)N1C(=O)C2CCCCC2C1=O. The Morgan fingerprint density at radius 3 is 2.33 bits per heavy atom. The van der Waals surface area contributed by atoms with E-state index in [0.717, 1.165) is 30.6 Å². The minimum Gasteiger partial charge on any atom is -0.495 e. The second-order valence-corrected chi connectivity index (χ2v) is 6.41. The first kappa shape index (κ1) is 16.5. The van der Waals surface area contributed by atoms with E-state index in [1.165, 1.54) is 7.11 Å². The molecule has 3 atom stereocenters. The fraction of sp³-hybridized carbons (Fsp3) is 0.500. The average molecular weight is 330 g/mol. The average Bonchev–Trinajstić information content (AvgIpc) is 2.86. The second-order valence-electron chi connectivity index (χ2n) is 6.41. The molecule has 0 aromatic heterocycles. The highest BCUT2D eigenvalue weighted by Crippen LogP contribution is 2.39. The lowest BCUT2D eigenvalue weighted by atomic mass is 9.81. The van der Waals surface area contributed by atoms with Gasteiger partial charge < -0.3 is 10.1 Å². The van der Waals surface area contributed by atoms with Gasteiger partial charge in [-0.1, -0.05) is 25.0 Å². The molecule has 0 bridgehead atoms. The minimum absolute atomic E-state index is 0.202. The van der Waals surface area contributed by atoms with Crippen molar-refractivity contribution in [2.75, 3.05) is 12.4 Å². The zero-order valence-corrected chi connectivity index (χ0v) is 14.0. The van der Waals surface area contributed by atoms with Crippen LogP contribution in [0, 0.1) is 11.8 Å². The van der Waals surface area contributed by atoms with E-state index in [1.807, 2.05) is 0 Å². The Morgan fingerprint density at radius 1 is 1.17 bits per heavy atom. The third kappa shape index (κ3) is 2.77. The summed E-state index contributed by atoms with van der Waals surface area (Å²) in [4.78, 5) is 38.9. The van der Waals surface area contributed by atoms with Crippen LogP contribution >= 0.6 is 0 Å². The van der Waals surface area contributed by atoms with Crippen molar-refractivity contribution in [1.29, 1.82) is 0 Å². The molecule has 2 fully saturated rings. The molecule has 3 amide bonds. The number of fused-ring (bicyclic) bond motifs is 1.